The van der Waals surface area contributed by atoms with Crippen molar-refractivity contribution in [1.82, 2.24) is 14.5 Å². The van der Waals surface area contributed by atoms with Crippen molar-refractivity contribution in [3.8, 4) is 6.07 Å². The first kappa shape index (κ1) is 13.6. The zero-order valence-electron chi connectivity index (χ0n) is 11.7. The molecule has 108 valence electrons. The monoisotopic (exact) mass is 284 g/mol. The van der Waals surface area contributed by atoms with E-state index in [1.54, 1.807) is 4.90 Å². The molecule has 2 heterocycles. The molecule has 6 nitrogen and oxygen atoms in total. The zero-order chi connectivity index (χ0) is 14.7. The van der Waals surface area contributed by atoms with Gasteiger partial charge in [-0.1, -0.05) is 12.1 Å². The summed E-state index contributed by atoms with van der Waals surface area (Å²) in [5.41, 5.74) is 1.71. The van der Waals surface area contributed by atoms with E-state index in [4.69, 9.17) is 10.00 Å². The van der Waals surface area contributed by atoms with Crippen LogP contribution in [-0.2, 0) is 22.5 Å². The lowest BCUT2D eigenvalue weighted by Crippen LogP contribution is -2.42. The van der Waals surface area contributed by atoms with E-state index >= 15 is 0 Å². The molecule has 3 rings (SSSR count). The highest BCUT2D eigenvalue weighted by atomic mass is 16.5. The summed E-state index contributed by atoms with van der Waals surface area (Å²) in [5.74, 6) is 0.681. The first-order chi connectivity index (χ1) is 10.3. The number of carbonyl (C=O) groups excluding carboxylic acids is 1. The van der Waals surface area contributed by atoms with Crippen LogP contribution in [0.1, 0.15) is 5.82 Å². The molecular weight excluding hydrogens is 268 g/mol. The largest absolute Gasteiger partial charge is 0.378 e. The van der Waals surface area contributed by atoms with Gasteiger partial charge in [0, 0.05) is 13.1 Å². The summed E-state index contributed by atoms with van der Waals surface area (Å²) in [6, 6.07) is 9.75. The Morgan fingerprint density at radius 3 is 2.86 bits per heavy atom. The summed E-state index contributed by atoms with van der Waals surface area (Å²) < 4.78 is 7.11. The standard InChI is InChI=1S/C15H16N4O2/c16-6-5-14-17-12-3-1-2-4-13(12)19(14)11-15(20)18-7-9-21-10-8-18/h1-4H,5,7-11H2. The maximum Gasteiger partial charge on any atom is 0.242 e. The molecule has 0 aliphatic carbocycles. The molecule has 1 aromatic heterocycles. The number of para-hydroxylation sites is 2. The van der Waals surface area contributed by atoms with Crippen molar-refractivity contribution in [1.29, 1.82) is 5.26 Å². The number of nitrogens with zero attached hydrogens (tertiary/aromatic N) is 4. The molecule has 1 fully saturated rings. The summed E-state index contributed by atoms with van der Waals surface area (Å²) >= 11 is 0. The fraction of sp³-hybridized carbons (Fsp3) is 0.400. The summed E-state index contributed by atoms with van der Waals surface area (Å²) in [4.78, 5) is 18.7. The second-order valence-corrected chi connectivity index (χ2v) is 4.93. The van der Waals surface area contributed by atoms with Gasteiger partial charge in [0.05, 0.1) is 36.7 Å². The van der Waals surface area contributed by atoms with Crippen LogP contribution >= 0.6 is 0 Å². The van der Waals surface area contributed by atoms with Crippen molar-refractivity contribution in [3.05, 3.63) is 30.1 Å². The third-order valence-corrected chi connectivity index (χ3v) is 3.63. The number of amides is 1. The van der Waals surface area contributed by atoms with Crippen molar-refractivity contribution >= 4 is 16.9 Å². The maximum atomic E-state index is 12.4. The summed E-state index contributed by atoms with van der Waals surface area (Å²) in [5, 5.41) is 8.94. The number of hydrogen-bond acceptors (Lipinski definition) is 4. The fourth-order valence-electron chi connectivity index (χ4n) is 2.56. The van der Waals surface area contributed by atoms with Crippen LogP contribution in [0.4, 0.5) is 0 Å². The van der Waals surface area contributed by atoms with Gasteiger partial charge in [-0.3, -0.25) is 4.79 Å². The second kappa shape index (κ2) is 5.94. The number of ether oxygens (including phenoxy) is 1. The highest BCUT2D eigenvalue weighted by molar-refractivity contribution is 5.81. The topological polar surface area (TPSA) is 71.2 Å². The first-order valence-electron chi connectivity index (χ1n) is 6.96. The Morgan fingerprint density at radius 2 is 2.10 bits per heavy atom. The number of fused-ring (bicyclic) bond motifs is 1. The molecule has 0 radical (unpaired) electrons. The zero-order valence-corrected chi connectivity index (χ0v) is 11.7. The molecule has 2 aromatic rings. The minimum atomic E-state index is 0.0423. The predicted octanol–water partition coefficient (Wildman–Crippen LogP) is 0.961. The molecule has 1 amide bonds. The third kappa shape index (κ3) is 2.73. The van der Waals surface area contributed by atoms with Gasteiger partial charge in [-0.15, -0.1) is 0 Å². The molecule has 6 heteroatoms. The Labute approximate surface area is 122 Å². The van der Waals surface area contributed by atoms with Crippen LogP contribution in [0.3, 0.4) is 0 Å². The van der Waals surface area contributed by atoms with Gasteiger partial charge in [0.1, 0.15) is 12.4 Å². The Balaban J connectivity index is 1.89. The number of imidazole rings is 1. The van der Waals surface area contributed by atoms with E-state index in [-0.39, 0.29) is 18.9 Å². The number of morpholine rings is 1. The third-order valence-electron chi connectivity index (χ3n) is 3.63. The van der Waals surface area contributed by atoms with Crippen molar-refractivity contribution in [2.75, 3.05) is 26.3 Å². The Bertz CT molecular complexity index is 695. The van der Waals surface area contributed by atoms with Gasteiger partial charge in [0.25, 0.3) is 0 Å². The molecule has 0 saturated carbocycles. The highest BCUT2D eigenvalue weighted by Gasteiger charge is 2.19. The van der Waals surface area contributed by atoms with Gasteiger partial charge in [0.15, 0.2) is 0 Å². The Kier molecular flexibility index (Phi) is 3.84. The average molecular weight is 284 g/mol. The van der Waals surface area contributed by atoms with E-state index in [9.17, 15) is 4.79 Å². The van der Waals surface area contributed by atoms with Crippen LogP contribution in [0.2, 0.25) is 0 Å². The molecule has 0 atom stereocenters. The van der Waals surface area contributed by atoms with Crippen LogP contribution in [-0.4, -0.2) is 46.7 Å². The number of rotatable bonds is 3. The van der Waals surface area contributed by atoms with E-state index in [1.165, 1.54) is 0 Å². The lowest BCUT2D eigenvalue weighted by Gasteiger charge is -2.27. The number of aromatic nitrogens is 2. The van der Waals surface area contributed by atoms with Gasteiger partial charge in [-0.25, -0.2) is 4.98 Å². The minimum Gasteiger partial charge on any atom is -0.378 e. The molecule has 0 unspecified atom stereocenters. The molecular formula is C15H16N4O2. The van der Waals surface area contributed by atoms with Crippen LogP contribution in [0.25, 0.3) is 11.0 Å². The van der Waals surface area contributed by atoms with Crippen LogP contribution in [0, 0.1) is 11.3 Å². The summed E-state index contributed by atoms with van der Waals surface area (Å²) in [6.45, 7) is 2.64. The first-order valence-corrected chi connectivity index (χ1v) is 6.96. The fourth-order valence-corrected chi connectivity index (χ4v) is 2.56. The van der Waals surface area contributed by atoms with Crippen LogP contribution < -0.4 is 0 Å². The van der Waals surface area contributed by atoms with E-state index < -0.39 is 0 Å². The van der Waals surface area contributed by atoms with Gasteiger partial charge in [-0.2, -0.15) is 5.26 Å². The van der Waals surface area contributed by atoms with Gasteiger partial charge < -0.3 is 14.2 Å². The molecule has 21 heavy (non-hydrogen) atoms. The average Bonchev–Trinajstić information content (AvgIpc) is 2.86. The highest BCUT2D eigenvalue weighted by Crippen LogP contribution is 2.17. The SMILES string of the molecule is N#CCc1nc2ccccc2n1CC(=O)N1CCOCC1. The maximum absolute atomic E-state index is 12.4. The predicted molar refractivity (Wildman–Crippen MR) is 76.4 cm³/mol. The van der Waals surface area contributed by atoms with Gasteiger partial charge in [-0.05, 0) is 12.1 Å². The van der Waals surface area contributed by atoms with E-state index in [1.807, 2.05) is 28.8 Å². The smallest absolute Gasteiger partial charge is 0.242 e. The summed E-state index contributed by atoms with van der Waals surface area (Å²) in [6.07, 6.45) is 0.199. The lowest BCUT2D eigenvalue weighted by atomic mass is 10.3. The molecule has 0 N–H and O–H groups in total. The van der Waals surface area contributed by atoms with Crippen molar-refractivity contribution in [2.45, 2.75) is 13.0 Å². The lowest BCUT2D eigenvalue weighted by molar-refractivity contribution is -0.135. The van der Waals surface area contributed by atoms with E-state index in [0.717, 1.165) is 11.0 Å². The number of benzene rings is 1. The molecule has 1 aliphatic heterocycles. The van der Waals surface area contributed by atoms with Crippen molar-refractivity contribution in [3.63, 3.8) is 0 Å². The van der Waals surface area contributed by atoms with Crippen molar-refractivity contribution in [2.24, 2.45) is 0 Å². The molecule has 1 aromatic carbocycles. The minimum absolute atomic E-state index is 0.0423. The van der Waals surface area contributed by atoms with Crippen LogP contribution in [0.5, 0.6) is 0 Å². The Hall–Kier alpha value is -2.39. The summed E-state index contributed by atoms with van der Waals surface area (Å²) in [7, 11) is 0. The van der Waals surface area contributed by atoms with Gasteiger partial charge >= 0.3 is 0 Å². The molecule has 0 spiro atoms. The normalized spacial score (nSPS) is 15.1. The van der Waals surface area contributed by atoms with Gasteiger partial charge in [0.2, 0.25) is 5.91 Å². The Morgan fingerprint density at radius 1 is 1.33 bits per heavy atom. The number of nitriles is 1. The van der Waals surface area contributed by atoms with Crippen LogP contribution in [0.15, 0.2) is 24.3 Å². The molecule has 1 aliphatic rings. The van der Waals surface area contributed by atoms with E-state index in [0.29, 0.717) is 32.1 Å². The van der Waals surface area contributed by atoms with Crippen molar-refractivity contribution < 1.29 is 9.53 Å². The second-order valence-electron chi connectivity index (χ2n) is 4.93. The molecule has 1 saturated heterocycles. The van der Waals surface area contributed by atoms with E-state index in [2.05, 4.69) is 11.1 Å². The quantitative estimate of drug-likeness (QED) is 0.841. The molecule has 0 bridgehead atoms. The number of hydrogen-bond donors (Lipinski definition) is 0. The number of carbonyl (C=O) groups is 1.